The molecule has 0 saturated carbocycles. The van der Waals surface area contributed by atoms with Gasteiger partial charge >= 0.3 is 5.97 Å². The summed E-state index contributed by atoms with van der Waals surface area (Å²) in [5, 5.41) is 5.79. The number of fused-ring (bicyclic) bond motifs is 1. The Kier molecular flexibility index (Phi) is 5.23. The van der Waals surface area contributed by atoms with Crippen molar-refractivity contribution in [2.45, 2.75) is 12.5 Å². The van der Waals surface area contributed by atoms with Gasteiger partial charge in [-0.1, -0.05) is 36.4 Å². The Balaban J connectivity index is 2.22. The number of rotatable bonds is 5. The third-order valence-electron chi connectivity index (χ3n) is 4.55. The fraction of sp³-hybridized carbons (Fsp3) is 0.250. The van der Waals surface area contributed by atoms with Crippen LogP contribution in [0.2, 0.25) is 0 Å². The Labute approximate surface area is 156 Å². The van der Waals surface area contributed by atoms with Gasteiger partial charge in [-0.2, -0.15) is 5.10 Å². The van der Waals surface area contributed by atoms with E-state index < -0.39 is 12.0 Å². The Bertz CT molecular complexity index is 1060. The highest BCUT2D eigenvalue weighted by Gasteiger charge is 2.19. The van der Waals surface area contributed by atoms with Crippen LogP contribution in [0.15, 0.2) is 47.4 Å². The van der Waals surface area contributed by atoms with E-state index >= 15 is 0 Å². The first-order valence-electron chi connectivity index (χ1n) is 8.42. The molecular weight excluding hydrogens is 346 g/mol. The molecule has 0 aliphatic heterocycles. The number of esters is 1. The van der Waals surface area contributed by atoms with Gasteiger partial charge in [-0.25, -0.2) is 4.68 Å². The number of benzene rings is 2. The second kappa shape index (κ2) is 7.59. The van der Waals surface area contributed by atoms with Gasteiger partial charge < -0.3 is 15.2 Å². The number of hydrogen-bond donors (Lipinski definition) is 1. The van der Waals surface area contributed by atoms with Crippen molar-refractivity contribution in [2.24, 2.45) is 12.8 Å². The molecule has 0 spiro atoms. The first-order valence-corrected chi connectivity index (χ1v) is 8.42. The largest absolute Gasteiger partial charge is 0.494 e. The summed E-state index contributed by atoms with van der Waals surface area (Å²) < 4.78 is 11.4. The van der Waals surface area contributed by atoms with Gasteiger partial charge in [0, 0.05) is 7.05 Å². The van der Waals surface area contributed by atoms with Gasteiger partial charge in [-0.15, -0.1) is 0 Å². The smallest absolute Gasteiger partial charge is 0.322 e. The van der Waals surface area contributed by atoms with E-state index in [0.717, 1.165) is 21.9 Å². The maximum absolute atomic E-state index is 12.7. The number of carbonyl (C=O) groups is 1. The summed E-state index contributed by atoms with van der Waals surface area (Å²) in [5.41, 5.74) is 7.76. The van der Waals surface area contributed by atoms with Crippen molar-refractivity contribution < 1.29 is 14.3 Å². The van der Waals surface area contributed by atoms with Gasteiger partial charge in [0.25, 0.3) is 5.56 Å². The van der Waals surface area contributed by atoms with Crippen LogP contribution in [-0.4, -0.2) is 36.0 Å². The van der Waals surface area contributed by atoms with Crippen LogP contribution in [0.3, 0.4) is 0 Å². The van der Waals surface area contributed by atoms with Gasteiger partial charge in [0.15, 0.2) is 5.75 Å². The normalized spacial score (nSPS) is 12.0. The van der Waals surface area contributed by atoms with Crippen molar-refractivity contribution in [3.8, 4) is 16.9 Å². The SMILES string of the molecule is COC(=O)[C@@H](N)Cc1ccc(-c2c(OC)cnn(C)c2=O)c2ccccc12. The van der Waals surface area contributed by atoms with E-state index in [9.17, 15) is 9.59 Å². The molecular formula is C20H21N3O4. The number of ether oxygens (including phenoxy) is 2. The van der Waals surface area contributed by atoms with E-state index in [1.807, 2.05) is 36.4 Å². The second-order valence-corrected chi connectivity index (χ2v) is 6.17. The van der Waals surface area contributed by atoms with Crippen LogP contribution in [-0.2, 0) is 23.0 Å². The van der Waals surface area contributed by atoms with Crippen molar-refractivity contribution in [1.29, 1.82) is 0 Å². The topological polar surface area (TPSA) is 96.4 Å². The molecule has 7 nitrogen and oxygen atoms in total. The lowest BCUT2D eigenvalue weighted by atomic mass is 9.93. The van der Waals surface area contributed by atoms with Gasteiger partial charge in [0.2, 0.25) is 0 Å². The predicted octanol–water partition coefficient (Wildman–Crippen LogP) is 1.65. The molecule has 3 rings (SSSR count). The molecule has 0 saturated heterocycles. The first kappa shape index (κ1) is 18.6. The van der Waals surface area contributed by atoms with E-state index in [4.69, 9.17) is 15.2 Å². The lowest BCUT2D eigenvalue weighted by Gasteiger charge is -2.15. The molecule has 140 valence electrons. The van der Waals surface area contributed by atoms with Crippen LogP contribution in [0.5, 0.6) is 5.75 Å². The summed E-state index contributed by atoms with van der Waals surface area (Å²) in [6.07, 6.45) is 1.85. The number of hydrogen-bond acceptors (Lipinski definition) is 6. The number of aryl methyl sites for hydroxylation is 1. The summed E-state index contributed by atoms with van der Waals surface area (Å²) in [7, 11) is 4.41. The van der Waals surface area contributed by atoms with Crippen molar-refractivity contribution in [3.63, 3.8) is 0 Å². The molecule has 0 bridgehead atoms. The molecule has 0 amide bonds. The Morgan fingerprint density at radius 2 is 1.89 bits per heavy atom. The van der Waals surface area contributed by atoms with Gasteiger partial charge in [0.1, 0.15) is 6.04 Å². The highest BCUT2D eigenvalue weighted by Crippen LogP contribution is 2.34. The third-order valence-corrected chi connectivity index (χ3v) is 4.55. The van der Waals surface area contributed by atoms with Crippen molar-refractivity contribution >= 4 is 16.7 Å². The molecule has 7 heteroatoms. The standard InChI is InChI=1S/C20H21N3O4/c1-23-19(24)18(17(26-2)11-22-23)15-9-8-12(10-16(21)20(25)27-3)13-6-4-5-7-14(13)15/h4-9,11,16H,10,21H2,1-3H3/t16-/m0/s1. The highest BCUT2D eigenvalue weighted by molar-refractivity contribution is 5.99. The molecule has 1 heterocycles. The molecule has 0 fully saturated rings. The lowest BCUT2D eigenvalue weighted by Crippen LogP contribution is -2.33. The molecule has 27 heavy (non-hydrogen) atoms. The maximum atomic E-state index is 12.7. The minimum atomic E-state index is -0.757. The first-order chi connectivity index (χ1) is 13.0. The van der Waals surface area contributed by atoms with E-state index in [0.29, 0.717) is 17.7 Å². The molecule has 3 aromatic rings. The summed E-state index contributed by atoms with van der Waals surface area (Å²) >= 11 is 0. The lowest BCUT2D eigenvalue weighted by molar-refractivity contribution is -0.142. The molecule has 0 aliphatic rings. The summed E-state index contributed by atoms with van der Waals surface area (Å²) in [6.45, 7) is 0. The molecule has 1 atom stereocenters. The van der Waals surface area contributed by atoms with E-state index in [-0.39, 0.29) is 5.56 Å². The zero-order chi connectivity index (χ0) is 19.6. The fourth-order valence-electron chi connectivity index (χ4n) is 3.16. The van der Waals surface area contributed by atoms with Crippen molar-refractivity contribution in [3.05, 3.63) is 58.5 Å². The number of nitrogens with zero attached hydrogens (tertiary/aromatic N) is 2. The molecule has 0 aliphatic carbocycles. The molecule has 1 aromatic heterocycles. The Hall–Kier alpha value is -3.19. The van der Waals surface area contributed by atoms with Gasteiger partial charge in [0.05, 0.1) is 26.0 Å². The zero-order valence-corrected chi connectivity index (χ0v) is 15.4. The van der Waals surface area contributed by atoms with Crippen LogP contribution < -0.4 is 16.0 Å². The van der Waals surface area contributed by atoms with Crippen LogP contribution in [0, 0.1) is 0 Å². The number of carbonyl (C=O) groups excluding carboxylic acids is 1. The maximum Gasteiger partial charge on any atom is 0.322 e. The predicted molar refractivity (Wildman–Crippen MR) is 103 cm³/mol. The highest BCUT2D eigenvalue weighted by atomic mass is 16.5. The Morgan fingerprint density at radius 1 is 1.19 bits per heavy atom. The van der Waals surface area contributed by atoms with Crippen LogP contribution in [0.4, 0.5) is 0 Å². The molecule has 2 aromatic carbocycles. The average molecular weight is 367 g/mol. The molecule has 0 unspecified atom stereocenters. The number of nitrogens with two attached hydrogens (primary N) is 1. The fourth-order valence-corrected chi connectivity index (χ4v) is 3.16. The molecule has 0 radical (unpaired) electrons. The monoisotopic (exact) mass is 367 g/mol. The minimum Gasteiger partial charge on any atom is -0.494 e. The van der Waals surface area contributed by atoms with Crippen molar-refractivity contribution in [2.75, 3.05) is 14.2 Å². The quantitative estimate of drug-likeness (QED) is 0.689. The number of methoxy groups -OCH3 is 2. The number of aromatic nitrogens is 2. The van der Waals surface area contributed by atoms with E-state index in [1.165, 1.54) is 25.1 Å². The minimum absolute atomic E-state index is 0.251. The summed E-state index contributed by atoms with van der Waals surface area (Å²) in [6, 6.07) is 10.6. The van der Waals surface area contributed by atoms with Crippen LogP contribution in [0.25, 0.3) is 21.9 Å². The third kappa shape index (κ3) is 3.41. The van der Waals surface area contributed by atoms with Crippen LogP contribution in [0.1, 0.15) is 5.56 Å². The summed E-state index contributed by atoms with van der Waals surface area (Å²) in [4.78, 5) is 24.4. The van der Waals surface area contributed by atoms with Gasteiger partial charge in [-0.3, -0.25) is 9.59 Å². The second-order valence-electron chi connectivity index (χ2n) is 6.17. The molecule has 2 N–H and O–H groups in total. The van der Waals surface area contributed by atoms with E-state index in [2.05, 4.69) is 5.10 Å². The zero-order valence-electron chi connectivity index (χ0n) is 15.4. The van der Waals surface area contributed by atoms with Crippen LogP contribution >= 0.6 is 0 Å². The van der Waals surface area contributed by atoms with Crippen molar-refractivity contribution in [1.82, 2.24) is 9.78 Å². The summed E-state index contributed by atoms with van der Waals surface area (Å²) in [5.74, 6) is -0.0601. The Morgan fingerprint density at radius 3 is 2.56 bits per heavy atom. The average Bonchev–Trinajstić information content (AvgIpc) is 2.69. The van der Waals surface area contributed by atoms with Gasteiger partial charge in [-0.05, 0) is 28.3 Å². The van der Waals surface area contributed by atoms with E-state index in [1.54, 1.807) is 7.05 Å².